The minimum Gasteiger partial charge on any atom is -0.313 e. The molecule has 0 aliphatic heterocycles. The molecule has 0 aliphatic carbocycles. The number of rotatable bonds is 7. The van der Waals surface area contributed by atoms with Gasteiger partial charge < -0.3 is 5.32 Å². The summed E-state index contributed by atoms with van der Waals surface area (Å²) in [5.74, 6) is 0. The van der Waals surface area contributed by atoms with Gasteiger partial charge in [0.2, 0.25) is 0 Å². The lowest BCUT2D eigenvalue weighted by atomic mass is 10.2. The number of nitro groups is 1. The van der Waals surface area contributed by atoms with Gasteiger partial charge in [0.25, 0.3) is 5.69 Å². The van der Waals surface area contributed by atoms with Crippen molar-refractivity contribution in [3.8, 4) is 0 Å². The first-order valence-corrected chi connectivity index (χ1v) is 7.60. The summed E-state index contributed by atoms with van der Waals surface area (Å²) in [6.45, 7) is 6.84. The van der Waals surface area contributed by atoms with Crippen molar-refractivity contribution in [2.75, 3.05) is 6.54 Å². The molecular weight excluding hydrogens is 264 g/mol. The standard InChI is InChI=1S/C13H20N2O3S/c1-4-13(14-5-2)10(3)19(18)12-8-6-11(7-9-12)15(16)17/h6-10,13-14H,4-5H2,1-3H3. The van der Waals surface area contributed by atoms with Gasteiger partial charge in [0, 0.05) is 23.1 Å². The summed E-state index contributed by atoms with van der Waals surface area (Å²) in [4.78, 5) is 10.8. The molecule has 0 heterocycles. The molecule has 0 saturated carbocycles. The topological polar surface area (TPSA) is 72.2 Å². The Labute approximate surface area is 116 Å². The Kier molecular flexibility index (Phi) is 6.11. The number of hydrogen-bond donors (Lipinski definition) is 1. The van der Waals surface area contributed by atoms with E-state index in [0.29, 0.717) is 4.90 Å². The molecular formula is C13H20N2O3S. The fraction of sp³-hybridized carbons (Fsp3) is 0.538. The van der Waals surface area contributed by atoms with E-state index in [2.05, 4.69) is 12.2 Å². The van der Waals surface area contributed by atoms with Crippen LogP contribution in [0, 0.1) is 10.1 Å². The highest BCUT2D eigenvalue weighted by Crippen LogP contribution is 2.19. The highest BCUT2D eigenvalue weighted by molar-refractivity contribution is 7.85. The van der Waals surface area contributed by atoms with Crippen LogP contribution in [0.15, 0.2) is 29.2 Å². The van der Waals surface area contributed by atoms with E-state index < -0.39 is 15.7 Å². The monoisotopic (exact) mass is 284 g/mol. The van der Waals surface area contributed by atoms with Crippen molar-refractivity contribution >= 4 is 16.5 Å². The molecule has 0 spiro atoms. The van der Waals surface area contributed by atoms with Crippen LogP contribution < -0.4 is 5.32 Å². The molecule has 6 heteroatoms. The van der Waals surface area contributed by atoms with Crippen molar-refractivity contribution in [1.82, 2.24) is 5.32 Å². The maximum atomic E-state index is 12.4. The van der Waals surface area contributed by atoms with Gasteiger partial charge in [-0.1, -0.05) is 13.8 Å². The van der Waals surface area contributed by atoms with E-state index in [0.717, 1.165) is 13.0 Å². The minimum absolute atomic E-state index is 0.0205. The lowest BCUT2D eigenvalue weighted by Crippen LogP contribution is -2.39. The van der Waals surface area contributed by atoms with Crippen LogP contribution in [0.5, 0.6) is 0 Å². The van der Waals surface area contributed by atoms with Crippen LogP contribution in [-0.2, 0) is 10.8 Å². The molecule has 5 nitrogen and oxygen atoms in total. The van der Waals surface area contributed by atoms with E-state index in [1.54, 1.807) is 12.1 Å². The summed E-state index contributed by atoms with van der Waals surface area (Å²) in [6.07, 6.45) is 0.897. The SMILES string of the molecule is CCNC(CC)C(C)S(=O)c1ccc([N+](=O)[O-])cc1. The summed E-state index contributed by atoms with van der Waals surface area (Å²) >= 11 is 0. The largest absolute Gasteiger partial charge is 0.313 e. The number of nitro benzene ring substituents is 1. The van der Waals surface area contributed by atoms with Crippen molar-refractivity contribution in [3.63, 3.8) is 0 Å². The minimum atomic E-state index is -1.17. The van der Waals surface area contributed by atoms with Gasteiger partial charge in [-0.2, -0.15) is 0 Å². The predicted molar refractivity (Wildman–Crippen MR) is 76.7 cm³/mol. The van der Waals surface area contributed by atoms with Crippen LogP contribution in [0.1, 0.15) is 27.2 Å². The molecule has 1 aromatic carbocycles. The van der Waals surface area contributed by atoms with Crippen molar-refractivity contribution < 1.29 is 9.13 Å². The lowest BCUT2D eigenvalue weighted by Gasteiger charge is -2.22. The van der Waals surface area contributed by atoms with Crippen molar-refractivity contribution in [3.05, 3.63) is 34.4 Å². The van der Waals surface area contributed by atoms with Crippen LogP contribution in [0.3, 0.4) is 0 Å². The van der Waals surface area contributed by atoms with Crippen molar-refractivity contribution in [1.29, 1.82) is 0 Å². The van der Waals surface area contributed by atoms with Gasteiger partial charge in [0.1, 0.15) is 0 Å². The highest BCUT2D eigenvalue weighted by atomic mass is 32.2. The van der Waals surface area contributed by atoms with Gasteiger partial charge in [-0.05, 0) is 32.0 Å². The second-order valence-corrected chi connectivity index (χ2v) is 6.14. The van der Waals surface area contributed by atoms with E-state index in [1.807, 2.05) is 13.8 Å². The van der Waals surface area contributed by atoms with Gasteiger partial charge in [-0.15, -0.1) is 0 Å². The maximum absolute atomic E-state index is 12.4. The third kappa shape index (κ3) is 4.11. The molecule has 0 bridgehead atoms. The first-order valence-electron chi connectivity index (χ1n) is 6.39. The average molecular weight is 284 g/mol. The molecule has 3 unspecified atom stereocenters. The summed E-state index contributed by atoms with van der Waals surface area (Å²) in [5, 5.41) is 13.9. The van der Waals surface area contributed by atoms with Gasteiger partial charge in [0.15, 0.2) is 0 Å². The molecule has 3 atom stereocenters. The molecule has 0 aliphatic rings. The van der Waals surface area contributed by atoms with Crippen LogP contribution in [0.25, 0.3) is 0 Å². The molecule has 1 rings (SSSR count). The molecule has 0 amide bonds. The van der Waals surface area contributed by atoms with Gasteiger partial charge in [-0.25, -0.2) is 0 Å². The number of nitrogens with zero attached hydrogens (tertiary/aromatic N) is 1. The molecule has 1 aromatic rings. The van der Waals surface area contributed by atoms with Gasteiger partial charge in [0.05, 0.1) is 21.0 Å². The van der Waals surface area contributed by atoms with E-state index in [-0.39, 0.29) is 17.0 Å². The Morgan fingerprint density at radius 2 is 1.89 bits per heavy atom. The number of benzene rings is 1. The lowest BCUT2D eigenvalue weighted by molar-refractivity contribution is -0.384. The highest BCUT2D eigenvalue weighted by Gasteiger charge is 2.22. The fourth-order valence-electron chi connectivity index (χ4n) is 1.97. The van der Waals surface area contributed by atoms with Crippen molar-refractivity contribution in [2.45, 2.75) is 43.4 Å². The molecule has 0 radical (unpaired) electrons. The van der Waals surface area contributed by atoms with E-state index in [1.165, 1.54) is 12.1 Å². The normalized spacial score (nSPS) is 15.7. The zero-order valence-electron chi connectivity index (χ0n) is 11.5. The quantitative estimate of drug-likeness (QED) is 0.616. The summed E-state index contributed by atoms with van der Waals surface area (Å²) in [7, 11) is -1.17. The van der Waals surface area contributed by atoms with Crippen LogP contribution in [0.4, 0.5) is 5.69 Å². The molecule has 106 valence electrons. The summed E-state index contributed by atoms with van der Waals surface area (Å²) in [6, 6.07) is 6.12. The second kappa shape index (κ2) is 7.35. The predicted octanol–water partition coefficient (Wildman–Crippen LogP) is 2.48. The van der Waals surface area contributed by atoms with Crippen LogP contribution in [-0.4, -0.2) is 27.0 Å². The van der Waals surface area contributed by atoms with E-state index in [9.17, 15) is 14.3 Å². The molecule has 0 fully saturated rings. The first-order chi connectivity index (χ1) is 9.01. The third-order valence-electron chi connectivity index (χ3n) is 3.09. The molecule has 0 aromatic heterocycles. The maximum Gasteiger partial charge on any atom is 0.269 e. The molecule has 19 heavy (non-hydrogen) atoms. The van der Waals surface area contributed by atoms with E-state index >= 15 is 0 Å². The van der Waals surface area contributed by atoms with Crippen LogP contribution >= 0.6 is 0 Å². The zero-order valence-corrected chi connectivity index (χ0v) is 12.3. The number of non-ortho nitro benzene ring substituents is 1. The Bertz CT molecular complexity index is 448. The molecule has 1 N–H and O–H groups in total. The van der Waals surface area contributed by atoms with Gasteiger partial charge >= 0.3 is 0 Å². The Hall–Kier alpha value is -1.27. The van der Waals surface area contributed by atoms with E-state index in [4.69, 9.17) is 0 Å². The third-order valence-corrected chi connectivity index (χ3v) is 4.83. The van der Waals surface area contributed by atoms with Crippen LogP contribution in [0.2, 0.25) is 0 Å². The van der Waals surface area contributed by atoms with Gasteiger partial charge in [-0.3, -0.25) is 14.3 Å². The first kappa shape index (κ1) is 15.8. The number of nitrogens with one attached hydrogen (secondary N) is 1. The van der Waals surface area contributed by atoms with Crippen molar-refractivity contribution in [2.24, 2.45) is 0 Å². The smallest absolute Gasteiger partial charge is 0.269 e. The Morgan fingerprint density at radius 1 is 1.32 bits per heavy atom. The summed E-state index contributed by atoms with van der Waals surface area (Å²) < 4.78 is 12.4. The second-order valence-electron chi connectivity index (χ2n) is 4.33. The zero-order chi connectivity index (χ0) is 14.4. The Morgan fingerprint density at radius 3 is 2.32 bits per heavy atom. The molecule has 0 saturated heterocycles. The Balaban J connectivity index is 2.84. The fourth-order valence-corrected chi connectivity index (χ4v) is 3.39. The summed E-state index contributed by atoms with van der Waals surface area (Å²) in [5.41, 5.74) is 0.0205. The average Bonchev–Trinajstić information content (AvgIpc) is 2.43. The number of hydrogen-bond acceptors (Lipinski definition) is 4.